The highest BCUT2D eigenvalue weighted by atomic mass is 32.2. The predicted molar refractivity (Wildman–Crippen MR) is 71.9 cm³/mol. The Hall–Kier alpha value is -1.97. The van der Waals surface area contributed by atoms with Crippen molar-refractivity contribution in [2.24, 2.45) is 5.84 Å². The molecule has 0 unspecified atom stereocenters. The van der Waals surface area contributed by atoms with Gasteiger partial charge in [-0.05, 0) is 12.1 Å². The second-order valence-corrected chi connectivity index (χ2v) is 6.33. The van der Waals surface area contributed by atoms with Crippen LogP contribution in [0, 0.1) is 0 Å². The maximum atomic E-state index is 12.7. The third-order valence-electron chi connectivity index (χ3n) is 3.26. The van der Waals surface area contributed by atoms with E-state index >= 15 is 0 Å². The molecule has 106 valence electrons. The van der Waals surface area contributed by atoms with Crippen molar-refractivity contribution >= 4 is 15.7 Å². The Morgan fingerprint density at radius 2 is 2.05 bits per heavy atom. The van der Waals surface area contributed by atoms with Gasteiger partial charge in [-0.25, -0.2) is 8.42 Å². The largest absolute Gasteiger partial charge is 0.323 e. The predicted octanol–water partition coefficient (Wildman–Crippen LogP) is -0.232. The fourth-order valence-electron chi connectivity index (χ4n) is 2.20. The summed E-state index contributed by atoms with van der Waals surface area (Å²) in [5.41, 5.74) is 2.79. The summed E-state index contributed by atoms with van der Waals surface area (Å²) in [6.07, 6.45) is 1.61. The van der Waals surface area contributed by atoms with Crippen LogP contribution in [-0.2, 0) is 23.1 Å². The van der Waals surface area contributed by atoms with E-state index in [0.717, 1.165) is 0 Å². The number of hydrogen-bond donors (Lipinski definition) is 2. The smallest absolute Gasteiger partial charge is 0.245 e. The molecule has 1 aliphatic heterocycles. The number of nitrogens with one attached hydrogen (secondary N) is 1. The number of nitrogens with two attached hydrogens (primary N) is 1. The molecule has 3 N–H and O–H groups in total. The number of benzene rings is 1. The van der Waals surface area contributed by atoms with Gasteiger partial charge < -0.3 is 9.99 Å². The van der Waals surface area contributed by atoms with Gasteiger partial charge in [-0.15, -0.1) is 10.2 Å². The first-order valence-corrected chi connectivity index (χ1v) is 7.49. The standard InChI is InChI=1S/C11H14N6O2S/c12-14-9-3-1-2-4-10(9)20(18,19)17-6-5-16-8-13-15-11(16)7-17/h1-4,8,14H,5-7,12H2. The summed E-state index contributed by atoms with van der Waals surface area (Å²) in [6.45, 7) is 1.13. The van der Waals surface area contributed by atoms with Crippen LogP contribution in [0.4, 0.5) is 5.69 Å². The summed E-state index contributed by atoms with van der Waals surface area (Å²) in [7, 11) is -3.62. The third-order valence-corrected chi connectivity index (χ3v) is 5.17. The summed E-state index contributed by atoms with van der Waals surface area (Å²) in [6, 6.07) is 6.55. The van der Waals surface area contributed by atoms with Gasteiger partial charge in [0.1, 0.15) is 17.0 Å². The molecule has 8 nitrogen and oxygen atoms in total. The number of rotatable bonds is 3. The van der Waals surface area contributed by atoms with E-state index in [2.05, 4.69) is 15.6 Å². The van der Waals surface area contributed by atoms with Crippen LogP contribution in [0.3, 0.4) is 0 Å². The lowest BCUT2D eigenvalue weighted by atomic mass is 10.3. The van der Waals surface area contributed by atoms with Gasteiger partial charge >= 0.3 is 0 Å². The number of anilines is 1. The Morgan fingerprint density at radius 3 is 2.85 bits per heavy atom. The van der Waals surface area contributed by atoms with E-state index in [9.17, 15) is 8.42 Å². The summed E-state index contributed by atoms with van der Waals surface area (Å²) in [5, 5.41) is 7.71. The van der Waals surface area contributed by atoms with Crippen LogP contribution in [0.25, 0.3) is 0 Å². The van der Waals surface area contributed by atoms with Gasteiger partial charge in [0, 0.05) is 13.1 Å². The van der Waals surface area contributed by atoms with Crippen molar-refractivity contribution < 1.29 is 8.42 Å². The SMILES string of the molecule is NNc1ccccc1S(=O)(=O)N1CCn2cnnc2C1. The normalized spacial score (nSPS) is 15.8. The van der Waals surface area contributed by atoms with Gasteiger partial charge in [0.15, 0.2) is 0 Å². The molecule has 1 aromatic carbocycles. The first-order valence-electron chi connectivity index (χ1n) is 6.05. The number of para-hydroxylation sites is 1. The topological polar surface area (TPSA) is 106 Å². The van der Waals surface area contributed by atoms with Gasteiger partial charge in [-0.1, -0.05) is 12.1 Å². The van der Waals surface area contributed by atoms with Gasteiger partial charge in [0.05, 0.1) is 12.2 Å². The summed E-state index contributed by atoms with van der Waals surface area (Å²) >= 11 is 0. The molecule has 0 atom stereocenters. The zero-order valence-electron chi connectivity index (χ0n) is 10.6. The Kier molecular flexibility index (Phi) is 3.16. The monoisotopic (exact) mass is 294 g/mol. The second-order valence-electron chi connectivity index (χ2n) is 4.42. The number of fused-ring (bicyclic) bond motifs is 1. The van der Waals surface area contributed by atoms with Crippen molar-refractivity contribution in [2.45, 2.75) is 18.0 Å². The van der Waals surface area contributed by atoms with E-state index in [0.29, 0.717) is 24.6 Å². The number of aromatic nitrogens is 3. The molecule has 2 heterocycles. The van der Waals surface area contributed by atoms with Crippen molar-refractivity contribution in [3.63, 3.8) is 0 Å². The summed E-state index contributed by atoms with van der Waals surface area (Å²) in [5.74, 6) is 6.01. The van der Waals surface area contributed by atoms with Crippen molar-refractivity contribution in [1.82, 2.24) is 19.1 Å². The molecule has 20 heavy (non-hydrogen) atoms. The average Bonchev–Trinajstić information content (AvgIpc) is 2.94. The Labute approximate surface area is 116 Å². The lowest BCUT2D eigenvalue weighted by Gasteiger charge is -2.27. The van der Waals surface area contributed by atoms with Gasteiger partial charge in [-0.3, -0.25) is 5.84 Å². The zero-order valence-corrected chi connectivity index (χ0v) is 11.4. The van der Waals surface area contributed by atoms with Crippen molar-refractivity contribution in [1.29, 1.82) is 0 Å². The fourth-order valence-corrected chi connectivity index (χ4v) is 3.74. The van der Waals surface area contributed by atoms with Crippen LogP contribution < -0.4 is 11.3 Å². The number of sulfonamides is 1. The maximum absolute atomic E-state index is 12.7. The van der Waals surface area contributed by atoms with Crippen LogP contribution in [-0.4, -0.2) is 34.0 Å². The van der Waals surface area contributed by atoms with Gasteiger partial charge in [-0.2, -0.15) is 4.31 Å². The number of nitrogens with zero attached hydrogens (tertiary/aromatic N) is 4. The highest BCUT2D eigenvalue weighted by Gasteiger charge is 2.30. The first kappa shape index (κ1) is 13.0. The maximum Gasteiger partial charge on any atom is 0.245 e. The van der Waals surface area contributed by atoms with Crippen molar-refractivity contribution in [3.05, 3.63) is 36.4 Å². The molecular formula is C11H14N6O2S. The summed E-state index contributed by atoms with van der Waals surface area (Å²) in [4.78, 5) is 0.162. The lowest BCUT2D eigenvalue weighted by Crippen LogP contribution is -2.38. The van der Waals surface area contributed by atoms with Crippen LogP contribution in [0.2, 0.25) is 0 Å². The quantitative estimate of drug-likeness (QED) is 0.598. The van der Waals surface area contributed by atoms with E-state index in [1.54, 1.807) is 24.5 Å². The molecule has 0 saturated heterocycles. The number of nitrogen functional groups attached to an aromatic ring is 1. The van der Waals surface area contributed by atoms with E-state index in [1.807, 2.05) is 4.57 Å². The molecule has 0 spiro atoms. The molecule has 1 aliphatic rings. The molecule has 1 aromatic heterocycles. The molecule has 3 rings (SSSR count). The molecule has 0 fully saturated rings. The highest BCUT2D eigenvalue weighted by Crippen LogP contribution is 2.26. The Balaban J connectivity index is 1.97. The first-order chi connectivity index (χ1) is 9.63. The van der Waals surface area contributed by atoms with E-state index in [-0.39, 0.29) is 11.4 Å². The minimum Gasteiger partial charge on any atom is -0.323 e. The molecule has 0 radical (unpaired) electrons. The van der Waals surface area contributed by atoms with Gasteiger partial charge in [0.2, 0.25) is 10.0 Å². The molecule has 9 heteroatoms. The minimum atomic E-state index is -3.62. The van der Waals surface area contributed by atoms with E-state index in [4.69, 9.17) is 5.84 Å². The Morgan fingerprint density at radius 1 is 1.25 bits per heavy atom. The van der Waals surface area contributed by atoms with Crippen LogP contribution >= 0.6 is 0 Å². The highest BCUT2D eigenvalue weighted by molar-refractivity contribution is 7.89. The van der Waals surface area contributed by atoms with Crippen molar-refractivity contribution in [3.8, 4) is 0 Å². The third kappa shape index (κ3) is 2.05. The van der Waals surface area contributed by atoms with Crippen molar-refractivity contribution in [2.75, 3.05) is 12.0 Å². The number of hydrazine groups is 1. The Bertz CT molecular complexity index is 726. The minimum absolute atomic E-state index is 0.162. The van der Waals surface area contributed by atoms with Crippen LogP contribution in [0.1, 0.15) is 5.82 Å². The molecule has 0 aliphatic carbocycles. The van der Waals surface area contributed by atoms with E-state index in [1.165, 1.54) is 10.4 Å². The van der Waals surface area contributed by atoms with E-state index < -0.39 is 10.0 Å². The zero-order chi connectivity index (χ0) is 14.2. The van der Waals surface area contributed by atoms with Gasteiger partial charge in [0.25, 0.3) is 0 Å². The molecule has 0 amide bonds. The number of hydrogen-bond acceptors (Lipinski definition) is 6. The lowest BCUT2D eigenvalue weighted by molar-refractivity contribution is 0.335. The van der Waals surface area contributed by atoms with Crippen LogP contribution in [0.15, 0.2) is 35.5 Å². The molecule has 2 aromatic rings. The fraction of sp³-hybridized carbons (Fsp3) is 0.273. The molecule has 0 saturated carbocycles. The molecule has 0 bridgehead atoms. The average molecular weight is 294 g/mol. The second kappa shape index (κ2) is 4.85. The van der Waals surface area contributed by atoms with Crippen LogP contribution in [0.5, 0.6) is 0 Å². The summed E-state index contributed by atoms with van der Waals surface area (Å²) < 4.78 is 28.6. The molecular weight excluding hydrogens is 280 g/mol.